The molecule has 0 bridgehead atoms. The van der Waals surface area contributed by atoms with Gasteiger partial charge in [-0.1, -0.05) is 24.6 Å². The molecule has 1 amide bonds. The van der Waals surface area contributed by atoms with Crippen LogP contribution < -0.4 is 5.32 Å². The summed E-state index contributed by atoms with van der Waals surface area (Å²) < 4.78 is 30.2. The quantitative estimate of drug-likeness (QED) is 0.475. The van der Waals surface area contributed by atoms with E-state index in [1.54, 1.807) is 12.1 Å². The van der Waals surface area contributed by atoms with E-state index >= 15 is 0 Å². The molecule has 0 aliphatic rings. The van der Waals surface area contributed by atoms with Gasteiger partial charge in [0.2, 0.25) is 5.91 Å². The van der Waals surface area contributed by atoms with Gasteiger partial charge in [-0.3, -0.25) is 19.0 Å². The summed E-state index contributed by atoms with van der Waals surface area (Å²) in [5, 5.41) is 21.3. The van der Waals surface area contributed by atoms with Crippen LogP contribution in [-0.2, 0) is 16.0 Å². The van der Waals surface area contributed by atoms with Crippen LogP contribution >= 0.6 is 11.6 Å². The molecule has 0 saturated carbocycles. The number of amides is 1. The van der Waals surface area contributed by atoms with Gasteiger partial charge in [-0.15, -0.1) is 0 Å². The molecule has 1 heterocycles. The number of phenolic OH excluding ortho intramolecular Hbond substituents is 1. The van der Waals surface area contributed by atoms with Crippen LogP contribution in [0.25, 0.3) is 10.9 Å². The Morgan fingerprint density at radius 3 is 2.55 bits per heavy atom. The Morgan fingerprint density at radius 1 is 1.21 bits per heavy atom. The average Bonchev–Trinajstić information content (AvgIpc) is 3.04. The van der Waals surface area contributed by atoms with Crippen LogP contribution in [0.2, 0.25) is 5.02 Å². The summed E-state index contributed by atoms with van der Waals surface area (Å²) in [6.45, 7) is 2.88. The molecular formula is C23H21ClF2N2O5. The zero-order chi connectivity index (χ0) is 24.4. The maximum absolute atomic E-state index is 14.9. The minimum absolute atomic E-state index is 0.0343. The summed E-state index contributed by atoms with van der Waals surface area (Å²) in [4.78, 5) is 36.3. The number of aromatic nitrogens is 1. The molecule has 2 aromatic carbocycles. The molecule has 3 N–H and O–H groups in total. The first kappa shape index (κ1) is 24.2. The maximum Gasteiger partial charge on any atom is 0.308 e. The largest absolute Gasteiger partial charge is 0.503 e. The Labute approximate surface area is 192 Å². The number of halogens is 3. The van der Waals surface area contributed by atoms with E-state index in [1.807, 2.05) is 0 Å². The predicted octanol–water partition coefficient (Wildman–Crippen LogP) is 4.04. The van der Waals surface area contributed by atoms with Crippen molar-refractivity contribution in [3.05, 3.63) is 63.8 Å². The first-order chi connectivity index (χ1) is 15.5. The lowest BCUT2D eigenvalue weighted by Gasteiger charge is -2.09. The van der Waals surface area contributed by atoms with Gasteiger partial charge in [-0.25, -0.2) is 8.78 Å². The summed E-state index contributed by atoms with van der Waals surface area (Å²) >= 11 is 5.97. The fraction of sp³-hybridized carbons (Fsp3) is 0.261. The number of aromatic hydroxyl groups is 1. The summed E-state index contributed by atoms with van der Waals surface area (Å²) in [6, 6.07) is 6.92. The summed E-state index contributed by atoms with van der Waals surface area (Å²) in [7, 11) is 0. The van der Waals surface area contributed by atoms with Crippen molar-refractivity contribution in [1.29, 1.82) is 0 Å². The molecule has 0 aliphatic carbocycles. The number of carbonyl (C=O) groups is 3. The fourth-order valence-electron chi connectivity index (χ4n) is 3.56. The first-order valence-electron chi connectivity index (χ1n) is 10.0. The van der Waals surface area contributed by atoms with Gasteiger partial charge in [-0.2, -0.15) is 0 Å². The van der Waals surface area contributed by atoms with Crippen LogP contribution in [0.15, 0.2) is 30.3 Å². The molecule has 1 atom stereocenters. The number of rotatable bonds is 7. The zero-order valence-corrected chi connectivity index (χ0v) is 18.5. The van der Waals surface area contributed by atoms with E-state index in [2.05, 4.69) is 5.32 Å². The summed E-state index contributed by atoms with van der Waals surface area (Å²) in [5.74, 6) is -6.56. The van der Waals surface area contributed by atoms with E-state index in [0.717, 1.165) is 10.6 Å². The SMILES string of the molecule is Cc1c(CCC(=O)NC[C@H](C)C(=O)O)c2c(F)c(O)c(F)cc2n1C(=O)c1cccc(Cl)c1. The molecule has 0 aliphatic heterocycles. The highest BCUT2D eigenvalue weighted by Crippen LogP contribution is 2.36. The molecular weight excluding hydrogens is 458 g/mol. The third-order valence-electron chi connectivity index (χ3n) is 5.39. The van der Waals surface area contributed by atoms with Crippen LogP contribution in [-0.4, -0.2) is 39.1 Å². The Hall–Kier alpha value is -3.46. The topological polar surface area (TPSA) is 109 Å². The van der Waals surface area contributed by atoms with Gasteiger partial charge in [0.15, 0.2) is 17.4 Å². The van der Waals surface area contributed by atoms with E-state index in [4.69, 9.17) is 16.7 Å². The monoisotopic (exact) mass is 478 g/mol. The predicted molar refractivity (Wildman–Crippen MR) is 118 cm³/mol. The van der Waals surface area contributed by atoms with Gasteiger partial charge in [0.05, 0.1) is 11.4 Å². The molecule has 10 heteroatoms. The van der Waals surface area contributed by atoms with E-state index < -0.39 is 41.1 Å². The highest BCUT2D eigenvalue weighted by molar-refractivity contribution is 6.31. The first-order valence-corrected chi connectivity index (χ1v) is 10.4. The maximum atomic E-state index is 14.9. The number of nitrogens with zero attached hydrogens (tertiary/aromatic N) is 1. The number of carbonyl (C=O) groups excluding carboxylic acids is 2. The number of aryl methyl sites for hydroxylation is 1. The van der Waals surface area contributed by atoms with Crippen molar-refractivity contribution in [2.75, 3.05) is 6.54 Å². The molecule has 33 heavy (non-hydrogen) atoms. The Balaban J connectivity index is 2.02. The van der Waals surface area contributed by atoms with Crippen molar-refractivity contribution in [2.45, 2.75) is 26.7 Å². The van der Waals surface area contributed by atoms with Crippen LogP contribution in [0.4, 0.5) is 8.78 Å². The molecule has 0 saturated heterocycles. The van der Waals surface area contributed by atoms with Crippen LogP contribution in [0.5, 0.6) is 5.75 Å². The van der Waals surface area contributed by atoms with E-state index in [9.17, 15) is 28.3 Å². The van der Waals surface area contributed by atoms with E-state index in [1.165, 1.54) is 26.0 Å². The number of hydrogen-bond donors (Lipinski definition) is 3. The number of carboxylic acid groups (broad SMARTS) is 1. The Bertz CT molecular complexity index is 1270. The Morgan fingerprint density at radius 2 is 1.91 bits per heavy atom. The van der Waals surface area contributed by atoms with Gasteiger partial charge in [0, 0.05) is 40.7 Å². The Kier molecular flexibility index (Phi) is 7.02. The second-order valence-corrected chi connectivity index (χ2v) is 8.11. The van der Waals surface area contributed by atoms with Gasteiger partial charge in [0.25, 0.3) is 5.91 Å². The number of hydrogen-bond acceptors (Lipinski definition) is 4. The molecule has 0 fully saturated rings. The highest BCUT2D eigenvalue weighted by Gasteiger charge is 2.26. The second-order valence-electron chi connectivity index (χ2n) is 7.67. The lowest BCUT2D eigenvalue weighted by Crippen LogP contribution is -2.31. The van der Waals surface area contributed by atoms with Crippen molar-refractivity contribution in [2.24, 2.45) is 5.92 Å². The van der Waals surface area contributed by atoms with Crippen molar-refractivity contribution >= 4 is 40.3 Å². The number of carboxylic acids is 1. The van der Waals surface area contributed by atoms with Crippen molar-refractivity contribution < 1.29 is 33.4 Å². The normalized spacial score (nSPS) is 12.0. The van der Waals surface area contributed by atoms with E-state index in [0.29, 0.717) is 5.02 Å². The summed E-state index contributed by atoms with van der Waals surface area (Å²) in [6.07, 6.45) is -0.178. The van der Waals surface area contributed by atoms with Crippen LogP contribution in [0.1, 0.15) is 35.0 Å². The molecule has 7 nitrogen and oxygen atoms in total. The third-order valence-corrected chi connectivity index (χ3v) is 5.63. The number of fused-ring (bicyclic) bond motifs is 1. The molecule has 0 spiro atoms. The zero-order valence-electron chi connectivity index (χ0n) is 17.8. The molecule has 0 radical (unpaired) electrons. The minimum atomic E-state index is -1.24. The molecule has 3 rings (SSSR count). The molecule has 3 aromatic rings. The number of nitrogens with one attached hydrogen (secondary N) is 1. The molecule has 174 valence electrons. The van der Waals surface area contributed by atoms with Crippen molar-refractivity contribution in [1.82, 2.24) is 9.88 Å². The average molecular weight is 479 g/mol. The smallest absolute Gasteiger partial charge is 0.308 e. The minimum Gasteiger partial charge on any atom is -0.503 e. The third kappa shape index (κ3) is 4.83. The van der Waals surface area contributed by atoms with Gasteiger partial charge < -0.3 is 15.5 Å². The lowest BCUT2D eigenvalue weighted by atomic mass is 10.0. The number of benzene rings is 2. The van der Waals surface area contributed by atoms with Crippen LogP contribution in [0.3, 0.4) is 0 Å². The lowest BCUT2D eigenvalue weighted by molar-refractivity contribution is -0.141. The van der Waals surface area contributed by atoms with Crippen molar-refractivity contribution in [3.8, 4) is 5.75 Å². The number of aliphatic carboxylic acids is 1. The second kappa shape index (κ2) is 9.58. The van der Waals surface area contributed by atoms with Crippen molar-refractivity contribution in [3.63, 3.8) is 0 Å². The molecule has 0 unspecified atom stereocenters. The summed E-state index contributed by atoms with van der Waals surface area (Å²) in [5.41, 5.74) is 0.601. The standard InChI is InChI=1S/C23H21ClF2N2O5/c1-11(23(32)33)10-27-18(29)7-6-15-12(2)28(22(31)13-4-3-5-14(24)8-13)17-9-16(25)21(30)20(26)19(15)17/h3-5,8-9,11,30H,6-7,10H2,1-2H3,(H,27,29)(H,32,33)/t11-/m0/s1. The van der Waals surface area contributed by atoms with E-state index in [-0.39, 0.29) is 47.1 Å². The number of phenols is 1. The highest BCUT2D eigenvalue weighted by atomic mass is 35.5. The van der Waals surface area contributed by atoms with Gasteiger partial charge in [-0.05, 0) is 37.1 Å². The fourth-order valence-corrected chi connectivity index (χ4v) is 3.75. The van der Waals surface area contributed by atoms with Gasteiger partial charge >= 0.3 is 5.97 Å². The van der Waals surface area contributed by atoms with Gasteiger partial charge in [0.1, 0.15) is 0 Å². The molecule has 1 aromatic heterocycles. The van der Waals surface area contributed by atoms with Crippen LogP contribution in [0, 0.1) is 24.5 Å².